The average Bonchev–Trinajstić information content (AvgIpc) is 3.67. The van der Waals surface area contributed by atoms with Crippen molar-refractivity contribution in [3.05, 3.63) is 12.2 Å². The molecule has 3 aliphatic rings. The molecule has 83 heavy (non-hydrogen) atoms. The number of rotatable bonds is 49. The smallest absolute Gasteiger partial charge is 0.220 e. The van der Waals surface area contributed by atoms with Gasteiger partial charge in [-0.25, -0.2) is 0 Å². The predicted octanol–water partition coefficient (Wildman–Crippen LogP) is 6.69. The van der Waals surface area contributed by atoms with Crippen LogP contribution < -0.4 is 10.6 Å². The standard InChI is InChI=1S/C63H118N2O18/c1-4-6-8-10-12-14-16-18-19-20-21-22-23-24-25-26-28-30-32-34-36-38-40-51(71)65-46(47(70)39-37-35-33-31-29-27-17-15-13-11-9-7-5-2)44-78-62-57(76)55(74)60(49(42-67)80-62)83-63-58(77)56(75)59(50(43-68)81-63)82-61-52(64-45(3)69)54(73)53(72)48(41-66)79-61/h37,39,46-50,52-63,66-68,70,72-77H,4-36,38,40-44H2,1-3H3,(H,64,69)(H,65,71)/t46-,47+,48+,49+,50+,52+,53-,54+,55+,56+,57?,58+,59-,60+,61-,62+,63-/m0/s1. The van der Waals surface area contributed by atoms with Crippen molar-refractivity contribution >= 4 is 11.8 Å². The van der Waals surface area contributed by atoms with Gasteiger partial charge in [-0.3, -0.25) is 9.59 Å². The van der Waals surface area contributed by atoms with E-state index in [0.717, 1.165) is 51.9 Å². The molecular weight excluding hydrogens is 1070 g/mol. The van der Waals surface area contributed by atoms with Gasteiger partial charge >= 0.3 is 0 Å². The van der Waals surface area contributed by atoms with E-state index in [1.54, 1.807) is 6.08 Å². The Balaban J connectivity index is 1.49. The summed E-state index contributed by atoms with van der Waals surface area (Å²) in [6.45, 7) is 2.85. The van der Waals surface area contributed by atoms with E-state index in [9.17, 15) is 60.7 Å². The number of hydrogen-bond acceptors (Lipinski definition) is 18. The van der Waals surface area contributed by atoms with Crippen LogP contribution in [-0.4, -0.2) is 194 Å². The molecule has 3 fully saturated rings. The van der Waals surface area contributed by atoms with Crippen molar-refractivity contribution in [2.45, 2.75) is 350 Å². The lowest BCUT2D eigenvalue weighted by atomic mass is 9.95. The van der Waals surface area contributed by atoms with Gasteiger partial charge in [0.25, 0.3) is 0 Å². The SMILES string of the molecule is CCCCCCCCCCCCCC=C[C@@H](O)[C@H](CO[C@@H]1O[C@H](CO)[C@@H](O[C@@H]2O[C@H](CO)[C@H](O[C@@H]3O[C@H](CO)[C@H](O)[C@H](O)[C@H]3NC(C)=O)[C@H](O)[C@H]2O)[C@H](O)C1O)NC(=O)CCCCCCCCCCCCCCCCCCCCCCCC. The molecule has 0 bridgehead atoms. The molecule has 20 heteroatoms. The second-order valence-corrected chi connectivity index (χ2v) is 24.0. The summed E-state index contributed by atoms with van der Waals surface area (Å²) in [5.74, 6) is -0.920. The highest BCUT2D eigenvalue weighted by atomic mass is 16.8. The normalized spacial score (nSPS) is 29.3. The maximum Gasteiger partial charge on any atom is 0.220 e. The molecule has 0 spiro atoms. The number of unbranched alkanes of at least 4 members (excludes halogenated alkanes) is 32. The number of allylic oxidation sites excluding steroid dienone is 1. The lowest BCUT2D eigenvalue weighted by Gasteiger charge is -2.48. The van der Waals surface area contributed by atoms with Crippen LogP contribution in [-0.2, 0) is 38.0 Å². The second kappa shape index (κ2) is 46.2. The minimum Gasteiger partial charge on any atom is -0.394 e. The summed E-state index contributed by atoms with van der Waals surface area (Å²) < 4.78 is 34.9. The Morgan fingerprint density at radius 1 is 0.470 bits per heavy atom. The molecule has 3 heterocycles. The largest absolute Gasteiger partial charge is 0.394 e. The molecule has 3 saturated heterocycles. The van der Waals surface area contributed by atoms with E-state index >= 15 is 0 Å². The fraction of sp³-hybridized carbons (Fsp3) is 0.937. The van der Waals surface area contributed by atoms with E-state index in [-0.39, 0.29) is 18.9 Å². The Bertz CT molecular complexity index is 1630. The third kappa shape index (κ3) is 29.7. The van der Waals surface area contributed by atoms with Crippen LogP contribution in [0.25, 0.3) is 0 Å². The van der Waals surface area contributed by atoms with Gasteiger partial charge in [-0.1, -0.05) is 225 Å². The molecule has 0 aliphatic carbocycles. The molecular formula is C63H118N2O18. The molecule has 488 valence electrons. The molecule has 0 aromatic rings. The molecule has 2 amide bonds. The van der Waals surface area contributed by atoms with E-state index in [1.165, 1.54) is 167 Å². The van der Waals surface area contributed by atoms with Crippen LogP contribution in [0.15, 0.2) is 12.2 Å². The first-order valence-corrected chi connectivity index (χ1v) is 32.9. The fourth-order valence-electron chi connectivity index (χ4n) is 11.5. The van der Waals surface area contributed by atoms with Crippen molar-refractivity contribution in [3.8, 4) is 0 Å². The zero-order chi connectivity index (χ0) is 60.6. The monoisotopic (exact) mass is 1190 g/mol. The molecule has 20 nitrogen and oxygen atoms in total. The van der Waals surface area contributed by atoms with Gasteiger partial charge in [-0.2, -0.15) is 0 Å². The number of carbonyl (C=O) groups excluding carboxylic acids is 2. The van der Waals surface area contributed by atoms with E-state index in [0.29, 0.717) is 6.42 Å². The van der Waals surface area contributed by atoms with Crippen molar-refractivity contribution in [1.82, 2.24) is 10.6 Å². The Labute approximate surface area is 498 Å². The number of aliphatic hydroxyl groups is 10. The van der Waals surface area contributed by atoms with Gasteiger partial charge in [0.2, 0.25) is 11.8 Å². The molecule has 3 aliphatic heterocycles. The number of hydrogen-bond donors (Lipinski definition) is 12. The third-order valence-electron chi connectivity index (χ3n) is 16.7. The molecule has 17 atom stereocenters. The summed E-state index contributed by atoms with van der Waals surface area (Å²) >= 11 is 0. The summed E-state index contributed by atoms with van der Waals surface area (Å²) in [5.41, 5.74) is 0. The highest BCUT2D eigenvalue weighted by Gasteiger charge is 2.54. The van der Waals surface area contributed by atoms with E-state index in [1.807, 2.05) is 6.08 Å². The summed E-state index contributed by atoms with van der Waals surface area (Å²) in [4.78, 5) is 25.4. The van der Waals surface area contributed by atoms with Gasteiger partial charge in [-0.15, -0.1) is 0 Å². The summed E-state index contributed by atoms with van der Waals surface area (Å²) in [5, 5.41) is 114. The van der Waals surface area contributed by atoms with Crippen LogP contribution >= 0.6 is 0 Å². The number of aliphatic hydroxyl groups excluding tert-OH is 10. The van der Waals surface area contributed by atoms with Crippen molar-refractivity contribution in [2.75, 3.05) is 26.4 Å². The first kappa shape index (κ1) is 75.3. The summed E-state index contributed by atoms with van der Waals surface area (Å²) in [6.07, 6.45) is 21.0. The lowest BCUT2D eigenvalue weighted by Crippen LogP contribution is -2.68. The molecule has 12 N–H and O–H groups in total. The first-order valence-electron chi connectivity index (χ1n) is 32.9. The Hall–Kier alpha value is -1.96. The van der Waals surface area contributed by atoms with Gasteiger partial charge in [0, 0.05) is 13.3 Å². The van der Waals surface area contributed by atoms with Crippen molar-refractivity contribution in [2.24, 2.45) is 0 Å². The highest BCUT2D eigenvalue weighted by Crippen LogP contribution is 2.33. The Morgan fingerprint density at radius 3 is 1.27 bits per heavy atom. The minimum atomic E-state index is -1.99. The first-order chi connectivity index (χ1) is 40.2. The zero-order valence-electron chi connectivity index (χ0n) is 51.3. The van der Waals surface area contributed by atoms with E-state index < -0.39 is 130 Å². The van der Waals surface area contributed by atoms with Gasteiger partial charge in [0.15, 0.2) is 18.9 Å². The number of nitrogens with one attached hydrogen (secondary N) is 2. The Kier molecular flexibility index (Phi) is 41.9. The van der Waals surface area contributed by atoms with Crippen LogP contribution in [0.5, 0.6) is 0 Å². The fourth-order valence-corrected chi connectivity index (χ4v) is 11.5. The molecule has 1 unspecified atom stereocenters. The van der Waals surface area contributed by atoms with Gasteiger partial charge in [0.1, 0.15) is 73.2 Å². The van der Waals surface area contributed by atoms with Crippen molar-refractivity contribution in [3.63, 3.8) is 0 Å². The van der Waals surface area contributed by atoms with Gasteiger partial charge in [0.05, 0.1) is 38.6 Å². The van der Waals surface area contributed by atoms with Crippen LogP contribution in [0.1, 0.15) is 245 Å². The topological polar surface area (TPSA) is 316 Å². The molecule has 3 rings (SSSR count). The van der Waals surface area contributed by atoms with Crippen molar-refractivity contribution < 1.29 is 89.1 Å². The molecule has 0 radical (unpaired) electrons. The average molecular weight is 1190 g/mol. The number of amides is 2. The van der Waals surface area contributed by atoms with Crippen LogP contribution in [0, 0.1) is 0 Å². The maximum absolute atomic E-state index is 13.4. The van der Waals surface area contributed by atoms with E-state index in [4.69, 9.17) is 28.4 Å². The van der Waals surface area contributed by atoms with Crippen molar-refractivity contribution in [1.29, 1.82) is 0 Å². The minimum absolute atomic E-state index is 0.245. The quantitative estimate of drug-likeness (QED) is 0.0223. The predicted molar refractivity (Wildman–Crippen MR) is 317 cm³/mol. The Morgan fingerprint density at radius 2 is 0.843 bits per heavy atom. The molecule has 0 saturated carbocycles. The highest BCUT2D eigenvalue weighted by molar-refractivity contribution is 5.76. The lowest BCUT2D eigenvalue weighted by molar-refractivity contribution is -0.374. The van der Waals surface area contributed by atoms with Gasteiger partial charge < -0.3 is 90.1 Å². The summed E-state index contributed by atoms with van der Waals surface area (Å²) in [7, 11) is 0. The van der Waals surface area contributed by atoms with Crippen LogP contribution in [0.3, 0.4) is 0 Å². The van der Waals surface area contributed by atoms with Gasteiger partial charge in [-0.05, 0) is 19.3 Å². The molecule has 0 aromatic heterocycles. The maximum atomic E-state index is 13.4. The van der Waals surface area contributed by atoms with Crippen LogP contribution in [0.4, 0.5) is 0 Å². The summed E-state index contributed by atoms with van der Waals surface area (Å²) in [6, 6.07) is -2.40. The zero-order valence-corrected chi connectivity index (χ0v) is 51.3. The second-order valence-electron chi connectivity index (χ2n) is 24.0. The molecule has 0 aromatic carbocycles. The third-order valence-corrected chi connectivity index (χ3v) is 16.7. The van der Waals surface area contributed by atoms with Crippen LogP contribution in [0.2, 0.25) is 0 Å². The number of ether oxygens (including phenoxy) is 6. The van der Waals surface area contributed by atoms with E-state index in [2.05, 4.69) is 24.5 Å². The number of carbonyl (C=O) groups is 2.